The molecule has 2 aromatic carbocycles. The Labute approximate surface area is 147 Å². The molecule has 0 unspecified atom stereocenters. The van der Waals surface area contributed by atoms with E-state index in [0.717, 1.165) is 5.56 Å². The largest absolute Gasteiger partial charge is 0.492 e. The van der Waals surface area contributed by atoms with Crippen LogP contribution in [0.5, 0.6) is 5.75 Å². The van der Waals surface area contributed by atoms with Gasteiger partial charge in [-0.05, 0) is 43.7 Å². The third-order valence-electron chi connectivity index (χ3n) is 3.50. The monoisotopic (exact) mass is 363 g/mol. The molecule has 0 saturated heterocycles. The lowest BCUT2D eigenvalue weighted by Gasteiger charge is -2.16. The maximum Gasteiger partial charge on any atom is 0.337 e. The molecule has 134 valence electrons. The second kappa shape index (κ2) is 8.13. The van der Waals surface area contributed by atoms with E-state index >= 15 is 0 Å². The van der Waals surface area contributed by atoms with Gasteiger partial charge in [-0.1, -0.05) is 24.3 Å². The number of nitrogens with one attached hydrogen (secondary N) is 1. The van der Waals surface area contributed by atoms with E-state index in [1.807, 2.05) is 31.2 Å². The Kier molecular flexibility index (Phi) is 6.17. The first-order chi connectivity index (χ1) is 11.8. The summed E-state index contributed by atoms with van der Waals surface area (Å²) in [7, 11) is -2.53. The molecule has 25 heavy (non-hydrogen) atoms. The van der Waals surface area contributed by atoms with Gasteiger partial charge in [-0.2, -0.15) is 0 Å². The third-order valence-corrected chi connectivity index (χ3v) is 5.09. The lowest BCUT2D eigenvalue weighted by atomic mass is 10.2. The minimum Gasteiger partial charge on any atom is -0.492 e. The van der Waals surface area contributed by atoms with Gasteiger partial charge in [0.05, 0.1) is 23.6 Å². The van der Waals surface area contributed by atoms with E-state index < -0.39 is 22.0 Å². The zero-order valence-electron chi connectivity index (χ0n) is 14.4. The van der Waals surface area contributed by atoms with Crippen molar-refractivity contribution < 1.29 is 22.7 Å². The molecule has 0 saturated carbocycles. The summed E-state index contributed by atoms with van der Waals surface area (Å²) in [5.74, 6) is 0.120. The van der Waals surface area contributed by atoms with E-state index in [-0.39, 0.29) is 17.1 Å². The molecule has 2 aromatic rings. The highest BCUT2D eigenvalue weighted by atomic mass is 32.2. The van der Waals surface area contributed by atoms with Crippen molar-refractivity contribution in [2.45, 2.75) is 24.8 Å². The lowest BCUT2D eigenvalue weighted by Crippen LogP contribution is -2.36. The lowest BCUT2D eigenvalue weighted by molar-refractivity contribution is 0.0600. The Balaban J connectivity index is 2.05. The van der Waals surface area contributed by atoms with Gasteiger partial charge < -0.3 is 9.47 Å². The number of aryl methyl sites for hydroxylation is 1. The van der Waals surface area contributed by atoms with Gasteiger partial charge in [-0.15, -0.1) is 0 Å². The number of ether oxygens (including phenoxy) is 2. The van der Waals surface area contributed by atoms with E-state index in [0.29, 0.717) is 5.75 Å². The van der Waals surface area contributed by atoms with Crippen molar-refractivity contribution >= 4 is 16.0 Å². The average molecular weight is 363 g/mol. The second-order valence-electron chi connectivity index (χ2n) is 5.62. The van der Waals surface area contributed by atoms with Gasteiger partial charge in [0, 0.05) is 0 Å². The van der Waals surface area contributed by atoms with Crippen LogP contribution in [-0.4, -0.2) is 34.1 Å². The van der Waals surface area contributed by atoms with Crippen LogP contribution in [0, 0.1) is 6.92 Å². The molecule has 0 aliphatic heterocycles. The quantitative estimate of drug-likeness (QED) is 0.765. The molecule has 0 aliphatic rings. The second-order valence-corrected chi connectivity index (χ2v) is 7.33. The normalized spacial score (nSPS) is 12.4. The topological polar surface area (TPSA) is 81.7 Å². The fourth-order valence-corrected chi connectivity index (χ4v) is 3.48. The molecule has 0 amide bonds. The number of esters is 1. The molecule has 7 heteroatoms. The van der Waals surface area contributed by atoms with Crippen molar-refractivity contribution in [2.24, 2.45) is 0 Å². The van der Waals surface area contributed by atoms with Gasteiger partial charge in [0.1, 0.15) is 12.4 Å². The van der Waals surface area contributed by atoms with Crippen LogP contribution in [0.25, 0.3) is 0 Å². The van der Waals surface area contributed by atoms with Gasteiger partial charge >= 0.3 is 5.97 Å². The molecule has 1 atom stereocenters. The molecule has 6 nitrogen and oxygen atoms in total. The van der Waals surface area contributed by atoms with E-state index in [1.165, 1.54) is 31.4 Å². The fraction of sp³-hybridized carbons (Fsp3) is 0.278. The third kappa shape index (κ3) is 5.04. The van der Waals surface area contributed by atoms with Crippen molar-refractivity contribution in [3.63, 3.8) is 0 Å². The molecule has 0 bridgehead atoms. The van der Waals surface area contributed by atoms with Crippen LogP contribution in [0.15, 0.2) is 53.4 Å². The highest BCUT2D eigenvalue weighted by Crippen LogP contribution is 2.17. The summed E-state index contributed by atoms with van der Waals surface area (Å²) in [6.45, 7) is 3.81. The maximum absolute atomic E-state index is 12.5. The van der Waals surface area contributed by atoms with Gasteiger partial charge in [0.15, 0.2) is 0 Å². The highest BCUT2D eigenvalue weighted by molar-refractivity contribution is 7.89. The first-order valence-electron chi connectivity index (χ1n) is 7.72. The SMILES string of the molecule is COC(=O)c1cccc(S(=O)(=O)N[C@@H](C)COc2ccccc2C)c1. The standard InChI is InChI=1S/C18H21NO5S/c1-13-7-4-5-10-17(13)24-12-14(2)19-25(21,22)16-9-6-8-15(11-16)18(20)23-3/h4-11,14,19H,12H2,1-3H3/t14-/m0/s1. The van der Waals surface area contributed by atoms with Crippen molar-refractivity contribution in [1.82, 2.24) is 4.72 Å². The van der Waals surface area contributed by atoms with Gasteiger partial charge in [0.2, 0.25) is 10.0 Å². The summed E-state index contributed by atoms with van der Waals surface area (Å²) >= 11 is 0. The van der Waals surface area contributed by atoms with Crippen molar-refractivity contribution in [2.75, 3.05) is 13.7 Å². The summed E-state index contributed by atoms with van der Waals surface area (Å²) in [4.78, 5) is 11.5. The summed E-state index contributed by atoms with van der Waals surface area (Å²) in [5.41, 5.74) is 1.15. The first-order valence-corrected chi connectivity index (χ1v) is 9.21. The minimum atomic E-state index is -3.78. The smallest absolute Gasteiger partial charge is 0.337 e. The zero-order valence-corrected chi connectivity index (χ0v) is 15.2. The van der Waals surface area contributed by atoms with Crippen LogP contribution in [-0.2, 0) is 14.8 Å². The molecule has 0 spiro atoms. The summed E-state index contributed by atoms with van der Waals surface area (Å²) in [6.07, 6.45) is 0. The van der Waals surface area contributed by atoms with Crippen LogP contribution < -0.4 is 9.46 Å². The maximum atomic E-state index is 12.5. The van der Waals surface area contributed by atoms with Crippen LogP contribution in [0.3, 0.4) is 0 Å². The Morgan fingerprint density at radius 3 is 2.56 bits per heavy atom. The number of para-hydroxylation sites is 1. The van der Waals surface area contributed by atoms with Crippen molar-refractivity contribution in [1.29, 1.82) is 0 Å². The Bertz CT molecular complexity index is 848. The zero-order chi connectivity index (χ0) is 18.4. The Morgan fingerprint density at radius 2 is 1.88 bits per heavy atom. The predicted molar refractivity (Wildman–Crippen MR) is 94.2 cm³/mol. The number of carbonyl (C=O) groups is 1. The number of methoxy groups -OCH3 is 1. The summed E-state index contributed by atoms with van der Waals surface area (Å²) in [6, 6.07) is 12.8. The summed E-state index contributed by atoms with van der Waals surface area (Å²) in [5, 5.41) is 0. The van der Waals surface area contributed by atoms with Crippen LogP contribution in [0.4, 0.5) is 0 Å². The van der Waals surface area contributed by atoms with Gasteiger partial charge in [-0.25, -0.2) is 17.9 Å². The van der Waals surface area contributed by atoms with Crippen molar-refractivity contribution in [3.05, 3.63) is 59.7 Å². The highest BCUT2D eigenvalue weighted by Gasteiger charge is 2.19. The van der Waals surface area contributed by atoms with Crippen LogP contribution >= 0.6 is 0 Å². The summed E-state index contributed by atoms with van der Waals surface area (Å²) < 4.78 is 37.7. The molecule has 0 fully saturated rings. The fourth-order valence-electron chi connectivity index (χ4n) is 2.21. The first kappa shape index (κ1) is 19.0. The minimum absolute atomic E-state index is 0.00172. The molecular weight excluding hydrogens is 342 g/mol. The average Bonchev–Trinajstić information content (AvgIpc) is 2.60. The Morgan fingerprint density at radius 1 is 1.16 bits per heavy atom. The number of carbonyl (C=O) groups excluding carboxylic acids is 1. The number of hydrogen-bond acceptors (Lipinski definition) is 5. The molecule has 0 heterocycles. The van der Waals surface area contributed by atoms with Crippen molar-refractivity contribution in [3.8, 4) is 5.75 Å². The number of sulfonamides is 1. The molecule has 0 aromatic heterocycles. The Hall–Kier alpha value is -2.38. The number of rotatable bonds is 7. The predicted octanol–water partition coefficient (Wildman–Crippen LogP) is 2.53. The van der Waals surface area contributed by atoms with Crippen LogP contribution in [0.1, 0.15) is 22.8 Å². The van der Waals surface area contributed by atoms with Gasteiger partial charge in [-0.3, -0.25) is 0 Å². The molecule has 2 rings (SSSR count). The van der Waals surface area contributed by atoms with E-state index in [9.17, 15) is 13.2 Å². The van der Waals surface area contributed by atoms with Crippen LogP contribution in [0.2, 0.25) is 0 Å². The molecule has 0 aliphatic carbocycles. The van der Waals surface area contributed by atoms with Gasteiger partial charge in [0.25, 0.3) is 0 Å². The molecule has 1 N–H and O–H groups in total. The van der Waals surface area contributed by atoms with E-state index in [1.54, 1.807) is 6.92 Å². The van der Waals surface area contributed by atoms with E-state index in [2.05, 4.69) is 9.46 Å². The number of hydrogen-bond donors (Lipinski definition) is 1. The number of benzene rings is 2. The molecule has 0 radical (unpaired) electrons. The van der Waals surface area contributed by atoms with E-state index in [4.69, 9.17) is 4.74 Å². The molecular formula is C18H21NO5S.